The van der Waals surface area contributed by atoms with Gasteiger partial charge in [-0.1, -0.05) is 26.0 Å². The topological polar surface area (TPSA) is 90.0 Å². The molecule has 0 unspecified atom stereocenters. The van der Waals surface area contributed by atoms with Gasteiger partial charge in [-0.15, -0.1) is 0 Å². The van der Waals surface area contributed by atoms with Crippen molar-refractivity contribution in [2.45, 2.75) is 24.8 Å². The summed E-state index contributed by atoms with van der Waals surface area (Å²) in [7, 11) is -2.16. The average molecular weight is 294 g/mol. The summed E-state index contributed by atoms with van der Waals surface area (Å²) >= 11 is 0. The molecule has 2 rings (SSSR count). The van der Waals surface area contributed by atoms with E-state index in [2.05, 4.69) is 9.71 Å². The highest BCUT2D eigenvalue weighted by molar-refractivity contribution is 7.92. The monoisotopic (exact) mass is 294 g/mol. The third-order valence-corrected chi connectivity index (χ3v) is 4.48. The summed E-state index contributed by atoms with van der Waals surface area (Å²) in [6.07, 6.45) is 1.37. The van der Waals surface area contributed by atoms with E-state index in [9.17, 15) is 8.42 Å². The lowest BCUT2D eigenvalue weighted by Crippen LogP contribution is -2.17. The fourth-order valence-corrected chi connectivity index (χ4v) is 3.22. The Bertz CT molecular complexity index is 700. The van der Waals surface area contributed by atoms with Gasteiger partial charge in [-0.3, -0.25) is 4.72 Å². The number of nitrogens with one attached hydrogen (secondary N) is 1. The molecule has 1 aromatic heterocycles. The first kappa shape index (κ1) is 14.4. The van der Waals surface area contributed by atoms with Crippen LogP contribution in [0.25, 0.3) is 0 Å². The zero-order chi connectivity index (χ0) is 14.9. The number of hydrogen-bond donors (Lipinski definition) is 2. The summed E-state index contributed by atoms with van der Waals surface area (Å²) in [5, 5.41) is -0.0348. The molecule has 0 spiro atoms. The lowest BCUT2D eigenvalue weighted by atomic mass is 10.0. The second-order valence-corrected chi connectivity index (χ2v) is 6.53. The number of hydrogen-bond acceptors (Lipinski definition) is 4. The molecule has 6 nitrogen and oxygen atoms in total. The van der Waals surface area contributed by atoms with Gasteiger partial charge in [0.2, 0.25) is 0 Å². The van der Waals surface area contributed by atoms with Crippen LogP contribution in [0.5, 0.6) is 0 Å². The first-order valence-corrected chi connectivity index (χ1v) is 7.69. The van der Waals surface area contributed by atoms with Crippen LogP contribution >= 0.6 is 0 Å². The molecule has 0 saturated heterocycles. The number of nitrogens with zero attached hydrogens (tertiary/aromatic N) is 2. The van der Waals surface area contributed by atoms with Gasteiger partial charge in [0.05, 0.1) is 6.33 Å². The maximum atomic E-state index is 12.3. The summed E-state index contributed by atoms with van der Waals surface area (Å²) in [5.74, 6) is 0.307. The lowest BCUT2D eigenvalue weighted by molar-refractivity contribution is 0.592. The molecule has 0 amide bonds. The van der Waals surface area contributed by atoms with E-state index in [-0.39, 0.29) is 10.8 Å². The first-order chi connectivity index (χ1) is 9.31. The number of nitrogen functional groups attached to an aromatic ring is 1. The molecular formula is C13H18N4O2S. The number of anilines is 2. The van der Waals surface area contributed by atoms with E-state index in [0.717, 1.165) is 5.56 Å². The van der Waals surface area contributed by atoms with Gasteiger partial charge in [-0.05, 0) is 23.6 Å². The second-order valence-electron chi connectivity index (χ2n) is 4.93. The van der Waals surface area contributed by atoms with Crippen molar-refractivity contribution in [1.82, 2.24) is 9.55 Å². The minimum absolute atomic E-state index is 0.0139. The smallest absolute Gasteiger partial charge is 0.281 e. The fraction of sp³-hybridized carbons (Fsp3) is 0.308. The summed E-state index contributed by atoms with van der Waals surface area (Å²) in [4.78, 5) is 3.79. The van der Waals surface area contributed by atoms with Gasteiger partial charge in [0.25, 0.3) is 10.0 Å². The molecule has 3 N–H and O–H groups in total. The van der Waals surface area contributed by atoms with E-state index in [4.69, 9.17) is 5.73 Å². The van der Waals surface area contributed by atoms with Crippen molar-refractivity contribution in [3.8, 4) is 0 Å². The molecule has 0 bridgehead atoms. The molecule has 1 heterocycles. The Kier molecular flexibility index (Phi) is 3.71. The van der Waals surface area contributed by atoms with Crippen molar-refractivity contribution in [3.63, 3.8) is 0 Å². The zero-order valence-electron chi connectivity index (χ0n) is 11.7. The molecule has 0 saturated carbocycles. The normalized spacial score (nSPS) is 11.8. The molecule has 0 radical (unpaired) electrons. The highest BCUT2D eigenvalue weighted by Crippen LogP contribution is 2.23. The SMILES string of the molecule is CC(C)c1cccc(NS(=O)(=O)c2c(N)ncn2C)c1. The summed E-state index contributed by atoms with van der Waals surface area (Å²) in [5.41, 5.74) is 7.18. The van der Waals surface area contributed by atoms with E-state index < -0.39 is 10.0 Å². The van der Waals surface area contributed by atoms with Gasteiger partial charge in [0.1, 0.15) is 0 Å². The van der Waals surface area contributed by atoms with Crippen molar-refractivity contribution >= 4 is 21.5 Å². The molecule has 0 aliphatic carbocycles. The highest BCUT2D eigenvalue weighted by atomic mass is 32.2. The Hall–Kier alpha value is -2.02. The number of benzene rings is 1. The highest BCUT2D eigenvalue weighted by Gasteiger charge is 2.22. The van der Waals surface area contributed by atoms with Crippen LogP contribution in [0.4, 0.5) is 11.5 Å². The zero-order valence-corrected chi connectivity index (χ0v) is 12.5. The van der Waals surface area contributed by atoms with E-state index in [1.165, 1.54) is 10.9 Å². The minimum atomic E-state index is -3.75. The second kappa shape index (κ2) is 5.16. The van der Waals surface area contributed by atoms with Crippen LogP contribution in [-0.2, 0) is 17.1 Å². The van der Waals surface area contributed by atoms with Crippen molar-refractivity contribution in [2.24, 2.45) is 7.05 Å². The molecule has 0 atom stereocenters. The Morgan fingerprint density at radius 3 is 2.60 bits per heavy atom. The van der Waals surface area contributed by atoms with Crippen molar-refractivity contribution in [3.05, 3.63) is 36.2 Å². The van der Waals surface area contributed by atoms with Crippen molar-refractivity contribution in [2.75, 3.05) is 10.5 Å². The summed E-state index contributed by atoms with van der Waals surface area (Å²) < 4.78 is 28.6. The number of aryl methyl sites for hydroxylation is 1. The van der Waals surface area contributed by atoms with Gasteiger partial charge < -0.3 is 10.3 Å². The van der Waals surface area contributed by atoms with Gasteiger partial charge in [-0.2, -0.15) is 8.42 Å². The third kappa shape index (κ3) is 2.77. The minimum Gasteiger partial charge on any atom is -0.381 e. The molecular weight excluding hydrogens is 276 g/mol. The number of sulfonamides is 1. The van der Waals surface area contributed by atoms with E-state index in [1.54, 1.807) is 13.1 Å². The van der Waals surface area contributed by atoms with Crippen LogP contribution in [0.2, 0.25) is 0 Å². The fourth-order valence-electron chi connectivity index (χ4n) is 1.93. The van der Waals surface area contributed by atoms with E-state index in [0.29, 0.717) is 11.6 Å². The van der Waals surface area contributed by atoms with Gasteiger partial charge in [-0.25, -0.2) is 4.98 Å². The van der Waals surface area contributed by atoms with Crippen LogP contribution in [-0.4, -0.2) is 18.0 Å². The Morgan fingerprint density at radius 2 is 2.05 bits per heavy atom. The van der Waals surface area contributed by atoms with Crippen LogP contribution in [0.15, 0.2) is 35.6 Å². The molecule has 2 aromatic rings. The number of nitrogens with two attached hydrogens (primary N) is 1. The average Bonchev–Trinajstić information content (AvgIpc) is 2.69. The first-order valence-electron chi connectivity index (χ1n) is 6.21. The predicted molar refractivity (Wildman–Crippen MR) is 79.0 cm³/mol. The number of imidazole rings is 1. The largest absolute Gasteiger partial charge is 0.381 e. The van der Waals surface area contributed by atoms with E-state index >= 15 is 0 Å². The predicted octanol–water partition coefficient (Wildman–Crippen LogP) is 1.93. The summed E-state index contributed by atoms with van der Waals surface area (Å²) in [6, 6.07) is 7.30. The third-order valence-electron chi connectivity index (χ3n) is 2.97. The Morgan fingerprint density at radius 1 is 1.35 bits per heavy atom. The lowest BCUT2D eigenvalue weighted by Gasteiger charge is -2.11. The van der Waals surface area contributed by atoms with Crippen LogP contribution in [0.1, 0.15) is 25.3 Å². The van der Waals surface area contributed by atoms with Gasteiger partial charge in [0, 0.05) is 12.7 Å². The Labute approximate surface area is 118 Å². The molecule has 0 aliphatic rings. The van der Waals surface area contributed by atoms with Crippen molar-refractivity contribution in [1.29, 1.82) is 0 Å². The molecule has 0 fully saturated rings. The standard InChI is InChI=1S/C13H18N4O2S/c1-9(2)10-5-4-6-11(7-10)16-20(18,19)13-12(14)15-8-17(13)3/h4-9,16H,14H2,1-3H3. The van der Waals surface area contributed by atoms with Crippen LogP contribution < -0.4 is 10.5 Å². The molecule has 108 valence electrons. The van der Waals surface area contributed by atoms with Gasteiger partial charge >= 0.3 is 0 Å². The van der Waals surface area contributed by atoms with Crippen LogP contribution in [0, 0.1) is 0 Å². The summed E-state index contributed by atoms with van der Waals surface area (Å²) in [6.45, 7) is 4.10. The molecule has 1 aromatic carbocycles. The molecule has 20 heavy (non-hydrogen) atoms. The number of aromatic nitrogens is 2. The molecule has 0 aliphatic heterocycles. The van der Waals surface area contributed by atoms with Crippen LogP contribution in [0.3, 0.4) is 0 Å². The van der Waals surface area contributed by atoms with E-state index in [1.807, 2.05) is 32.0 Å². The number of rotatable bonds is 4. The maximum Gasteiger partial charge on any atom is 0.281 e. The quantitative estimate of drug-likeness (QED) is 0.901. The Balaban J connectivity index is 2.36. The van der Waals surface area contributed by atoms with Crippen molar-refractivity contribution < 1.29 is 8.42 Å². The molecule has 7 heteroatoms. The maximum absolute atomic E-state index is 12.3. The van der Waals surface area contributed by atoms with Gasteiger partial charge in [0.15, 0.2) is 10.8 Å².